The minimum atomic E-state index is 0.275. The quantitative estimate of drug-likeness (QED) is 0.763. The van der Waals surface area contributed by atoms with E-state index in [2.05, 4.69) is 26.7 Å². The molecule has 1 aromatic heterocycles. The molecule has 5 heteroatoms. The van der Waals surface area contributed by atoms with Gasteiger partial charge in [0.05, 0.1) is 0 Å². The van der Waals surface area contributed by atoms with E-state index in [1.165, 1.54) is 31.8 Å². The summed E-state index contributed by atoms with van der Waals surface area (Å²) in [4.78, 5) is 2.39. The maximum Gasteiger partial charge on any atom is 0.136 e. The van der Waals surface area contributed by atoms with Gasteiger partial charge in [0, 0.05) is 24.9 Å². The van der Waals surface area contributed by atoms with E-state index in [4.69, 9.17) is 5.73 Å². The van der Waals surface area contributed by atoms with E-state index in [1.54, 1.807) is 0 Å². The van der Waals surface area contributed by atoms with Crippen molar-refractivity contribution in [3.8, 4) is 0 Å². The molecule has 1 unspecified atom stereocenters. The van der Waals surface area contributed by atoms with Crippen LogP contribution in [0.2, 0.25) is 0 Å². The van der Waals surface area contributed by atoms with Gasteiger partial charge in [-0.05, 0) is 39.4 Å². The van der Waals surface area contributed by atoms with Crippen LogP contribution in [-0.4, -0.2) is 45.8 Å². The minimum absolute atomic E-state index is 0.275. The van der Waals surface area contributed by atoms with Gasteiger partial charge in [-0.1, -0.05) is 0 Å². The SMILES string of the molecule is CN1CCC(c2nnc3n2CCC(N)C3)CC1. The van der Waals surface area contributed by atoms with Gasteiger partial charge in [0.2, 0.25) is 0 Å². The summed E-state index contributed by atoms with van der Waals surface area (Å²) in [7, 11) is 2.19. The maximum absolute atomic E-state index is 5.97. The molecule has 3 rings (SSSR count). The largest absolute Gasteiger partial charge is 0.327 e. The molecule has 5 nitrogen and oxygen atoms in total. The molecule has 0 amide bonds. The number of hydrogen-bond acceptors (Lipinski definition) is 4. The van der Waals surface area contributed by atoms with E-state index in [0.717, 1.165) is 25.2 Å². The van der Waals surface area contributed by atoms with Crippen LogP contribution in [0.3, 0.4) is 0 Å². The topological polar surface area (TPSA) is 60.0 Å². The van der Waals surface area contributed by atoms with Crippen molar-refractivity contribution in [1.82, 2.24) is 19.7 Å². The molecular formula is C12H21N5. The van der Waals surface area contributed by atoms with E-state index < -0.39 is 0 Å². The van der Waals surface area contributed by atoms with Crippen LogP contribution >= 0.6 is 0 Å². The summed E-state index contributed by atoms with van der Waals surface area (Å²) < 4.78 is 2.32. The number of fused-ring (bicyclic) bond motifs is 1. The number of rotatable bonds is 1. The van der Waals surface area contributed by atoms with Crippen LogP contribution in [0, 0.1) is 0 Å². The monoisotopic (exact) mass is 235 g/mol. The van der Waals surface area contributed by atoms with Crippen LogP contribution in [0.15, 0.2) is 0 Å². The van der Waals surface area contributed by atoms with E-state index in [1.807, 2.05) is 0 Å². The lowest BCUT2D eigenvalue weighted by molar-refractivity contribution is 0.247. The van der Waals surface area contributed by atoms with Gasteiger partial charge in [0.15, 0.2) is 0 Å². The fourth-order valence-corrected chi connectivity index (χ4v) is 2.94. The molecule has 17 heavy (non-hydrogen) atoms. The van der Waals surface area contributed by atoms with Gasteiger partial charge < -0.3 is 15.2 Å². The van der Waals surface area contributed by atoms with Crippen molar-refractivity contribution in [3.05, 3.63) is 11.6 Å². The lowest BCUT2D eigenvalue weighted by Crippen LogP contribution is -2.33. The van der Waals surface area contributed by atoms with E-state index in [0.29, 0.717) is 5.92 Å². The highest BCUT2D eigenvalue weighted by molar-refractivity contribution is 5.07. The van der Waals surface area contributed by atoms with Crippen LogP contribution in [0.5, 0.6) is 0 Å². The smallest absolute Gasteiger partial charge is 0.136 e. The first-order valence-corrected chi connectivity index (χ1v) is 6.60. The minimum Gasteiger partial charge on any atom is -0.327 e. The van der Waals surface area contributed by atoms with Crippen molar-refractivity contribution in [1.29, 1.82) is 0 Å². The second kappa shape index (κ2) is 4.38. The zero-order chi connectivity index (χ0) is 11.8. The molecule has 3 heterocycles. The summed E-state index contributed by atoms with van der Waals surface area (Å²) in [6, 6.07) is 0.275. The van der Waals surface area contributed by atoms with Gasteiger partial charge in [-0.15, -0.1) is 10.2 Å². The summed E-state index contributed by atoms with van der Waals surface area (Å²) in [5.74, 6) is 2.90. The molecule has 1 atom stereocenters. The second-order valence-corrected chi connectivity index (χ2v) is 5.46. The highest BCUT2D eigenvalue weighted by Gasteiger charge is 2.27. The van der Waals surface area contributed by atoms with Crippen LogP contribution in [0.25, 0.3) is 0 Å². The Bertz CT molecular complexity index is 392. The van der Waals surface area contributed by atoms with Gasteiger partial charge in [0.25, 0.3) is 0 Å². The third kappa shape index (κ3) is 2.09. The first kappa shape index (κ1) is 11.2. The molecule has 0 aromatic carbocycles. The number of aromatic nitrogens is 3. The second-order valence-electron chi connectivity index (χ2n) is 5.46. The Balaban J connectivity index is 1.80. The molecule has 0 radical (unpaired) electrons. The lowest BCUT2D eigenvalue weighted by Gasteiger charge is -2.29. The molecule has 0 aliphatic carbocycles. The average Bonchev–Trinajstić information content (AvgIpc) is 2.73. The molecule has 1 aromatic rings. The summed E-state index contributed by atoms with van der Waals surface area (Å²) in [5.41, 5.74) is 5.97. The zero-order valence-electron chi connectivity index (χ0n) is 10.5. The normalized spacial score (nSPS) is 27.1. The van der Waals surface area contributed by atoms with Gasteiger partial charge >= 0.3 is 0 Å². The first-order chi connectivity index (χ1) is 8.24. The van der Waals surface area contributed by atoms with Crippen LogP contribution < -0.4 is 5.73 Å². The van der Waals surface area contributed by atoms with Gasteiger partial charge in [-0.25, -0.2) is 0 Å². The molecule has 0 spiro atoms. The number of piperidine rings is 1. The average molecular weight is 235 g/mol. The number of nitrogens with two attached hydrogens (primary N) is 1. The Morgan fingerprint density at radius 2 is 1.88 bits per heavy atom. The third-order valence-electron chi connectivity index (χ3n) is 4.11. The predicted molar refractivity (Wildman–Crippen MR) is 65.8 cm³/mol. The molecule has 0 bridgehead atoms. The van der Waals surface area contributed by atoms with Crippen molar-refractivity contribution < 1.29 is 0 Å². The van der Waals surface area contributed by atoms with E-state index >= 15 is 0 Å². The Hall–Kier alpha value is -0.940. The molecule has 2 aliphatic heterocycles. The summed E-state index contributed by atoms with van der Waals surface area (Å²) >= 11 is 0. The molecule has 94 valence electrons. The van der Waals surface area contributed by atoms with Gasteiger partial charge in [0.1, 0.15) is 11.6 Å². The first-order valence-electron chi connectivity index (χ1n) is 6.60. The van der Waals surface area contributed by atoms with Crippen molar-refractivity contribution in [2.45, 2.75) is 44.2 Å². The van der Waals surface area contributed by atoms with E-state index in [9.17, 15) is 0 Å². The molecule has 2 N–H and O–H groups in total. The van der Waals surface area contributed by atoms with Gasteiger partial charge in [-0.3, -0.25) is 0 Å². The fraction of sp³-hybridized carbons (Fsp3) is 0.833. The number of nitrogens with zero attached hydrogens (tertiary/aromatic N) is 4. The van der Waals surface area contributed by atoms with Crippen LogP contribution in [0.1, 0.15) is 36.8 Å². The number of hydrogen-bond donors (Lipinski definition) is 1. The fourth-order valence-electron chi connectivity index (χ4n) is 2.94. The molecule has 0 saturated carbocycles. The van der Waals surface area contributed by atoms with Crippen LogP contribution in [0.4, 0.5) is 0 Å². The van der Waals surface area contributed by atoms with Gasteiger partial charge in [-0.2, -0.15) is 0 Å². The Labute approximate surface area is 102 Å². The Morgan fingerprint density at radius 1 is 1.12 bits per heavy atom. The Kier molecular flexibility index (Phi) is 2.88. The van der Waals surface area contributed by atoms with E-state index in [-0.39, 0.29) is 6.04 Å². The Morgan fingerprint density at radius 3 is 2.65 bits per heavy atom. The highest BCUT2D eigenvalue weighted by atomic mass is 15.3. The summed E-state index contributed by atoms with van der Waals surface area (Å²) in [5, 5.41) is 8.74. The molecule has 2 aliphatic rings. The van der Waals surface area contributed by atoms with Crippen molar-refractivity contribution in [2.24, 2.45) is 5.73 Å². The zero-order valence-corrected chi connectivity index (χ0v) is 10.5. The molecule has 1 saturated heterocycles. The van der Waals surface area contributed by atoms with Crippen molar-refractivity contribution in [3.63, 3.8) is 0 Å². The lowest BCUT2D eigenvalue weighted by atomic mass is 9.95. The van der Waals surface area contributed by atoms with Crippen LogP contribution in [-0.2, 0) is 13.0 Å². The summed E-state index contributed by atoms with van der Waals surface area (Å²) in [6.45, 7) is 3.35. The summed E-state index contributed by atoms with van der Waals surface area (Å²) in [6.07, 6.45) is 4.37. The molecular weight excluding hydrogens is 214 g/mol. The maximum atomic E-state index is 5.97. The highest BCUT2D eigenvalue weighted by Crippen LogP contribution is 2.28. The third-order valence-corrected chi connectivity index (χ3v) is 4.11. The standard InChI is InChI=1S/C12H21N5/c1-16-5-2-9(3-6-16)12-15-14-11-8-10(13)4-7-17(11)12/h9-10H,2-8,13H2,1H3. The van der Waals surface area contributed by atoms with Crippen molar-refractivity contribution in [2.75, 3.05) is 20.1 Å². The van der Waals surface area contributed by atoms with Crippen molar-refractivity contribution >= 4 is 0 Å². The predicted octanol–water partition coefficient (Wildman–Crippen LogP) is 0.361. The number of likely N-dealkylation sites (tertiary alicyclic amines) is 1. The molecule has 1 fully saturated rings.